The number of nitrogens with two attached hydrogens (primary N) is 3. The second-order valence-electron chi connectivity index (χ2n) is 2.05. The summed E-state index contributed by atoms with van der Waals surface area (Å²) in [5.74, 6) is 0. The zero-order valence-corrected chi connectivity index (χ0v) is 8.21. The Morgan fingerprint density at radius 2 is 1.91 bits per heavy atom. The van der Waals surface area contributed by atoms with Crippen molar-refractivity contribution < 1.29 is 0 Å². The second-order valence-corrected chi connectivity index (χ2v) is 4.24. The number of hydrogen-bond donors (Lipinski definition) is 3. The fourth-order valence-corrected chi connectivity index (χ4v) is 1.89. The molecule has 0 aliphatic carbocycles. The number of rotatable bonds is 0. The fraction of sp³-hybridized carbons (Fsp3) is 0.167. The molecule has 1 rings (SSSR count). The topological polar surface area (TPSA) is 90.4 Å². The number of nitrogens with zero attached hydrogens (tertiary/aromatic N) is 1. The molecule has 0 atom stereocenters. The zero-order valence-electron chi connectivity index (χ0n) is 6.06. The van der Waals surface area contributed by atoms with E-state index in [1.807, 2.05) is 0 Å². The van der Waals surface area contributed by atoms with Crippen LogP contribution in [0.3, 0.4) is 0 Å². The summed E-state index contributed by atoms with van der Waals surface area (Å²) in [5.41, 5.74) is 18.5. The van der Waals surface area contributed by atoms with E-state index in [4.69, 9.17) is 17.2 Å². The third-order valence-corrected chi connectivity index (χ3v) is 2.94. The van der Waals surface area contributed by atoms with Gasteiger partial charge in [0.25, 0.3) is 0 Å². The largest absolute Gasteiger partial charge is 0.395 e. The summed E-state index contributed by atoms with van der Waals surface area (Å²) in [6, 6.07) is 0. The highest BCUT2D eigenvalue weighted by Gasteiger charge is 2.05. The average molecular weight is 264 g/mol. The quantitative estimate of drug-likeness (QED) is 0.429. The van der Waals surface area contributed by atoms with Crippen LogP contribution in [0.1, 0.15) is 6.92 Å². The molecule has 0 radical (unpaired) electrons. The Balaban J connectivity index is 3.29. The molecule has 5 heteroatoms. The third-order valence-electron chi connectivity index (χ3n) is 1.29. The highest BCUT2D eigenvalue weighted by atomic mass is 127. The van der Waals surface area contributed by atoms with E-state index in [1.165, 1.54) is 0 Å². The number of halogens is 1. The first-order valence-corrected chi connectivity index (χ1v) is 5.10. The lowest BCUT2D eigenvalue weighted by Crippen LogP contribution is -2.14. The molecule has 0 saturated carbocycles. The monoisotopic (exact) mass is 264 g/mol. The van der Waals surface area contributed by atoms with E-state index in [2.05, 4.69) is 8.80 Å². The lowest BCUT2D eigenvalue weighted by Gasteiger charge is -2.02. The molecule has 0 aromatic carbocycles. The Morgan fingerprint density at radius 3 is 2.55 bits per heavy atom. The van der Waals surface area contributed by atoms with Crippen LogP contribution in [-0.2, 0) is 0 Å². The van der Waals surface area contributed by atoms with Gasteiger partial charge in [0.05, 0.1) is 20.8 Å². The molecule has 11 heavy (non-hydrogen) atoms. The van der Waals surface area contributed by atoms with Crippen LogP contribution in [0.2, 0.25) is 0 Å². The van der Waals surface area contributed by atoms with E-state index < -0.39 is 20.7 Å². The van der Waals surface area contributed by atoms with Crippen molar-refractivity contribution in [3.63, 3.8) is 0 Å². The molecule has 0 bridgehead atoms. The average Bonchev–Trinajstić information content (AvgIpc) is 2.07. The second kappa shape index (κ2) is 3.06. The Morgan fingerprint density at radius 1 is 1.27 bits per heavy atom. The van der Waals surface area contributed by atoms with Gasteiger partial charge in [-0.15, -0.1) is 0 Å². The SMILES string of the molecule is CC1=C(N)C(N)=C(N)I=C=N1. The van der Waals surface area contributed by atoms with Crippen molar-refractivity contribution in [1.82, 2.24) is 0 Å². The predicted octanol–water partition coefficient (Wildman–Crippen LogP) is 0.153. The highest BCUT2D eigenvalue weighted by molar-refractivity contribution is 14.2. The van der Waals surface area contributed by atoms with E-state index in [0.717, 1.165) is 0 Å². The minimum atomic E-state index is -0.476. The lowest BCUT2D eigenvalue weighted by molar-refractivity contribution is 1.13. The van der Waals surface area contributed by atoms with Crippen LogP contribution in [0.15, 0.2) is 25.8 Å². The van der Waals surface area contributed by atoms with Crippen LogP contribution in [0.5, 0.6) is 0 Å². The van der Waals surface area contributed by atoms with Crippen LogP contribution in [-0.4, -0.2) is 3.81 Å². The number of hydrogen-bond acceptors (Lipinski definition) is 4. The van der Waals surface area contributed by atoms with Crippen molar-refractivity contribution in [3.05, 3.63) is 20.8 Å². The molecule has 6 N–H and O–H groups in total. The predicted molar refractivity (Wildman–Crippen MR) is 53.7 cm³/mol. The third kappa shape index (κ3) is 1.61. The molecule has 4 nitrogen and oxygen atoms in total. The first-order chi connectivity index (χ1) is 5.13. The van der Waals surface area contributed by atoms with E-state index in [9.17, 15) is 0 Å². The summed E-state index contributed by atoms with van der Waals surface area (Å²) in [4.78, 5) is 3.96. The van der Waals surface area contributed by atoms with Gasteiger partial charge in [-0.1, -0.05) is 0 Å². The van der Waals surface area contributed by atoms with Gasteiger partial charge in [-0.25, -0.2) is 4.99 Å². The molecular weight excluding hydrogens is 255 g/mol. The molecular formula is C6H9IN4. The van der Waals surface area contributed by atoms with Gasteiger partial charge in [-0.05, 0) is 6.92 Å². The maximum Gasteiger partial charge on any atom is 0.0996 e. The van der Waals surface area contributed by atoms with Crippen LogP contribution in [0.25, 0.3) is 0 Å². The highest BCUT2D eigenvalue weighted by Crippen LogP contribution is 2.17. The molecule has 60 valence electrons. The van der Waals surface area contributed by atoms with Gasteiger partial charge in [-0.2, -0.15) is 0 Å². The summed E-state index contributed by atoms with van der Waals surface area (Å²) in [5, 5.41) is 0. The van der Waals surface area contributed by atoms with Gasteiger partial charge in [0.2, 0.25) is 0 Å². The molecule has 0 spiro atoms. The molecule has 0 aromatic heterocycles. The minimum Gasteiger partial charge on any atom is -0.395 e. The maximum atomic E-state index is 5.61. The van der Waals surface area contributed by atoms with Gasteiger partial charge in [0.15, 0.2) is 0 Å². The van der Waals surface area contributed by atoms with Gasteiger partial charge < -0.3 is 17.2 Å². The number of aliphatic imine (C=N–C) groups is 1. The fourth-order valence-electron chi connectivity index (χ4n) is 0.565. The van der Waals surface area contributed by atoms with Crippen molar-refractivity contribution in [2.24, 2.45) is 22.2 Å². The van der Waals surface area contributed by atoms with E-state index in [-0.39, 0.29) is 0 Å². The van der Waals surface area contributed by atoms with Crippen LogP contribution < -0.4 is 17.2 Å². The molecule has 1 heterocycles. The Bertz CT molecular complexity index is 279. The molecule has 1 aliphatic heterocycles. The Hall–Kier alpha value is -0.810. The van der Waals surface area contributed by atoms with Crippen molar-refractivity contribution in [1.29, 1.82) is 0 Å². The van der Waals surface area contributed by atoms with Crippen LogP contribution in [0.4, 0.5) is 0 Å². The smallest absolute Gasteiger partial charge is 0.0996 e. The van der Waals surface area contributed by atoms with E-state index in [0.29, 0.717) is 20.8 Å². The molecule has 0 unspecified atom stereocenters. The van der Waals surface area contributed by atoms with Crippen molar-refractivity contribution >= 4 is 24.5 Å². The zero-order chi connectivity index (χ0) is 8.43. The normalized spacial score (nSPS) is 18.3. The molecule has 0 saturated heterocycles. The van der Waals surface area contributed by atoms with Crippen molar-refractivity contribution in [2.75, 3.05) is 0 Å². The van der Waals surface area contributed by atoms with Crippen LogP contribution in [0, 0.1) is 0 Å². The first kappa shape index (κ1) is 8.29. The standard InChI is InChI=1S/C6H9IN4/c1-3-4(8)5(9)6(10)7-2-11-3/h8-10H2,1H3. The summed E-state index contributed by atoms with van der Waals surface area (Å²) in [6.45, 7) is 1.79. The van der Waals surface area contributed by atoms with E-state index in [1.54, 1.807) is 6.92 Å². The molecule has 0 fully saturated rings. The van der Waals surface area contributed by atoms with Gasteiger partial charge in [0, 0.05) is 24.5 Å². The summed E-state index contributed by atoms with van der Waals surface area (Å²) in [7, 11) is 0. The van der Waals surface area contributed by atoms with Gasteiger partial charge >= 0.3 is 0 Å². The lowest BCUT2D eigenvalue weighted by atomic mass is 10.3. The van der Waals surface area contributed by atoms with E-state index >= 15 is 0 Å². The Labute approximate surface area is 74.6 Å². The van der Waals surface area contributed by atoms with Gasteiger partial charge in [-0.3, -0.25) is 0 Å². The summed E-state index contributed by atoms with van der Waals surface area (Å²) >= 11 is -0.476. The van der Waals surface area contributed by atoms with Crippen molar-refractivity contribution in [3.8, 4) is 0 Å². The van der Waals surface area contributed by atoms with Crippen molar-refractivity contribution in [2.45, 2.75) is 6.92 Å². The van der Waals surface area contributed by atoms with Gasteiger partial charge in [0.1, 0.15) is 0 Å². The molecule has 1 aliphatic rings. The number of allylic oxidation sites excluding steroid dienone is 1. The molecule has 0 aromatic rings. The maximum absolute atomic E-state index is 5.61. The molecule has 0 amide bonds. The first-order valence-electron chi connectivity index (χ1n) is 2.94. The summed E-state index contributed by atoms with van der Waals surface area (Å²) < 4.78 is 3.48. The minimum absolute atomic E-state index is 0.476. The Kier molecular flexibility index (Phi) is 2.31. The van der Waals surface area contributed by atoms with Crippen LogP contribution >= 0.6 is 20.7 Å². The summed E-state index contributed by atoms with van der Waals surface area (Å²) in [6.07, 6.45) is 0.